The number of hydrogen-bond acceptors (Lipinski definition) is 8. The minimum Gasteiger partial charge on any atom is -0.454 e. The number of hydrogen-bond donors (Lipinski definition) is 1. The molecule has 2 aromatic carbocycles. The highest BCUT2D eigenvalue weighted by atomic mass is 16.7. The summed E-state index contributed by atoms with van der Waals surface area (Å²) in [6, 6.07) is 16.0. The normalized spacial score (nSPS) is 16.9. The fourth-order valence-electron chi connectivity index (χ4n) is 4.80. The van der Waals surface area contributed by atoms with Crippen LogP contribution < -0.4 is 15.0 Å². The van der Waals surface area contributed by atoms with Gasteiger partial charge in [-0.2, -0.15) is 0 Å². The molecule has 0 radical (unpaired) electrons. The second-order valence-electron chi connectivity index (χ2n) is 9.27. The van der Waals surface area contributed by atoms with Crippen LogP contribution in [0.2, 0.25) is 0 Å². The summed E-state index contributed by atoms with van der Waals surface area (Å²) in [5.74, 6) is 2.10. The largest absolute Gasteiger partial charge is 0.454 e. The van der Waals surface area contributed by atoms with E-state index in [-0.39, 0.29) is 18.5 Å². The second-order valence-corrected chi connectivity index (χ2v) is 9.27. The first-order valence-corrected chi connectivity index (χ1v) is 12.3. The Bertz CT molecular complexity index is 1400. The number of H-pyrrole nitrogens is 1. The lowest BCUT2D eigenvalue weighted by molar-refractivity contribution is 0.0916. The van der Waals surface area contributed by atoms with Gasteiger partial charge in [0.25, 0.3) is 5.56 Å². The van der Waals surface area contributed by atoms with Gasteiger partial charge in [0.05, 0.1) is 24.7 Å². The molecular weight excluding hydrogens is 460 g/mol. The van der Waals surface area contributed by atoms with Gasteiger partial charge in [0.15, 0.2) is 17.3 Å². The number of benzene rings is 2. The molecule has 0 unspecified atom stereocenters. The average Bonchev–Trinajstić information content (AvgIpc) is 3.66. The molecule has 0 bridgehead atoms. The molecule has 4 aromatic rings. The third-order valence-electron chi connectivity index (χ3n) is 6.74. The summed E-state index contributed by atoms with van der Waals surface area (Å²) < 4.78 is 18.6. The molecule has 1 fully saturated rings. The van der Waals surface area contributed by atoms with E-state index in [0.29, 0.717) is 36.7 Å². The minimum atomic E-state index is -0.120. The van der Waals surface area contributed by atoms with E-state index in [1.807, 2.05) is 41.1 Å². The van der Waals surface area contributed by atoms with Crippen molar-refractivity contribution in [1.29, 1.82) is 0 Å². The Kier molecular flexibility index (Phi) is 6.35. The SMILES string of the molecule is O=c1[nH]c2cc3c(cc2cc1CN(CCc1ccccc1)Cc1nnnn1C[C@H]1CCCO1)OCO3. The van der Waals surface area contributed by atoms with Crippen molar-refractivity contribution in [2.45, 2.75) is 45.0 Å². The first kappa shape index (κ1) is 22.7. The molecule has 0 aliphatic carbocycles. The number of nitrogens with zero attached hydrogens (tertiary/aromatic N) is 5. The van der Waals surface area contributed by atoms with Crippen LogP contribution in [0.5, 0.6) is 11.5 Å². The van der Waals surface area contributed by atoms with Crippen LogP contribution in [-0.2, 0) is 30.8 Å². The summed E-state index contributed by atoms with van der Waals surface area (Å²) in [6.45, 7) is 3.34. The average molecular weight is 489 g/mol. The van der Waals surface area contributed by atoms with Crippen LogP contribution in [0, 0.1) is 0 Å². The fourth-order valence-corrected chi connectivity index (χ4v) is 4.80. The van der Waals surface area contributed by atoms with E-state index in [1.165, 1.54) is 5.56 Å². The van der Waals surface area contributed by atoms with Crippen LogP contribution in [0.4, 0.5) is 0 Å². The molecule has 4 heterocycles. The van der Waals surface area contributed by atoms with Crippen molar-refractivity contribution in [3.8, 4) is 11.5 Å². The number of pyridine rings is 1. The fraction of sp³-hybridized carbons (Fsp3) is 0.385. The number of tetrazole rings is 1. The molecule has 0 spiro atoms. The van der Waals surface area contributed by atoms with E-state index >= 15 is 0 Å². The first-order chi connectivity index (χ1) is 17.7. The number of nitrogens with one attached hydrogen (secondary N) is 1. The topological polar surface area (TPSA) is 107 Å². The highest BCUT2D eigenvalue weighted by molar-refractivity contribution is 5.83. The second kappa shape index (κ2) is 10.1. The molecule has 2 aliphatic rings. The van der Waals surface area contributed by atoms with Gasteiger partial charge in [0, 0.05) is 36.7 Å². The Labute approximate surface area is 207 Å². The van der Waals surface area contributed by atoms with Gasteiger partial charge in [-0.25, -0.2) is 4.68 Å². The molecule has 10 heteroatoms. The summed E-state index contributed by atoms with van der Waals surface area (Å²) in [4.78, 5) is 18.2. The quantitative estimate of drug-likeness (QED) is 0.383. The molecule has 2 aromatic heterocycles. The molecule has 6 rings (SSSR count). The third-order valence-corrected chi connectivity index (χ3v) is 6.74. The van der Waals surface area contributed by atoms with Crippen molar-refractivity contribution in [1.82, 2.24) is 30.1 Å². The van der Waals surface area contributed by atoms with Crippen LogP contribution in [0.25, 0.3) is 10.9 Å². The maximum Gasteiger partial charge on any atom is 0.252 e. The van der Waals surface area contributed by atoms with E-state index < -0.39 is 0 Å². The Morgan fingerprint density at radius 1 is 1.08 bits per heavy atom. The van der Waals surface area contributed by atoms with Crippen molar-refractivity contribution in [2.24, 2.45) is 0 Å². The van der Waals surface area contributed by atoms with E-state index in [1.54, 1.807) is 0 Å². The van der Waals surface area contributed by atoms with Gasteiger partial charge in [0.1, 0.15) is 0 Å². The van der Waals surface area contributed by atoms with E-state index in [4.69, 9.17) is 14.2 Å². The molecule has 186 valence electrons. The third kappa shape index (κ3) is 4.95. The molecule has 2 aliphatic heterocycles. The minimum absolute atomic E-state index is 0.120. The summed E-state index contributed by atoms with van der Waals surface area (Å²) >= 11 is 0. The van der Waals surface area contributed by atoms with Crippen LogP contribution in [-0.4, -0.2) is 56.1 Å². The van der Waals surface area contributed by atoms with Crippen molar-refractivity contribution in [2.75, 3.05) is 19.9 Å². The maximum absolute atomic E-state index is 13.0. The monoisotopic (exact) mass is 488 g/mol. The molecule has 1 atom stereocenters. The summed E-state index contributed by atoms with van der Waals surface area (Å²) in [5, 5.41) is 13.3. The van der Waals surface area contributed by atoms with Crippen LogP contribution in [0.3, 0.4) is 0 Å². The Morgan fingerprint density at radius 3 is 2.78 bits per heavy atom. The van der Waals surface area contributed by atoms with Gasteiger partial charge < -0.3 is 19.2 Å². The summed E-state index contributed by atoms with van der Waals surface area (Å²) in [6.07, 6.45) is 3.07. The molecule has 0 amide bonds. The maximum atomic E-state index is 13.0. The number of aromatic nitrogens is 5. The zero-order valence-electron chi connectivity index (χ0n) is 19.9. The molecule has 10 nitrogen and oxygen atoms in total. The van der Waals surface area contributed by atoms with Gasteiger partial charge in [-0.1, -0.05) is 30.3 Å². The molecule has 1 N–H and O–H groups in total. The summed E-state index contributed by atoms with van der Waals surface area (Å²) in [5.41, 5.74) is 2.52. The van der Waals surface area contributed by atoms with Gasteiger partial charge >= 0.3 is 0 Å². The van der Waals surface area contributed by atoms with Gasteiger partial charge in [-0.3, -0.25) is 9.69 Å². The lowest BCUT2D eigenvalue weighted by Gasteiger charge is -2.22. The Balaban J connectivity index is 1.25. The van der Waals surface area contributed by atoms with E-state index in [2.05, 4.69) is 37.5 Å². The van der Waals surface area contributed by atoms with Crippen molar-refractivity contribution < 1.29 is 14.2 Å². The van der Waals surface area contributed by atoms with Crippen molar-refractivity contribution in [3.63, 3.8) is 0 Å². The number of aromatic amines is 1. The van der Waals surface area contributed by atoms with Crippen LogP contribution in [0.1, 0.15) is 29.8 Å². The van der Waals surface area contributed by atoms with Gasteiger partial charge in [-0.05, 0) is 47.4 Å². The molecule has 36 heavy (non-hydrogen) atoms. The Morgan fingerprint density at radius 2 is 1.94 bits per heavy atom. The number of ether oxygens (including phenoxy) is 3. The summed E-state index contributed by atoms with van der Waals surface area (Å²) in [7, 11) is 0. The molecular formula is C26H28N6O4. The molecule has 1 saturated heterocycles. The smallest absolute Gasteiger partial charge is 0.252 e. The van der Waals surface area contributed by atoms with Crippen molar-refractivity contribution >= 4 is 10.9 Å². The van der Waals surface area contributed by atoms with Crippen LogP contribution in [0.15, 0.2) is 53.3 Å². The van der Waals surface area contributed by atoms with Crippen molar-refractivity contribution in [3.05, 3.63) is 75.8 Å². The van der Waals surface area contributed by atoms with Gasteiger partial charge in [0.2, 0.25) is 6.79 Å². The predicted molar refractivity (Wildman–Crippen MR) is 132 cm³/mol. The lowest BCUT2D eigenvalue weighted by Crippen LogP contribution is -2.30. The zero-order valence-corrected chi connectivity index (χ0v) is 19.9. The van der Waals surface area contributed by atoms with Crippen LogP contribution >= 0.6 is 0 Å². The van der Waals surface area contributed by atoms with E-state index in [0.717, 1.165) is 49.1 Å². The van der Waals surface area contributed by atoms with Gasteiger partial charge in [-0.15, -0.1) is 5.10 Å². The Hall–Kier alpha value is -3.76. The number of fused-ring (bicyclic) bond motifs is 2. The van der Waals surface area contributed by atoms with E-state index in [9.17, 15) is 4.79 Å². The highest BCUT2D eigenvalue weighted by Crippen LogP contribution is 2.35. The lowest BCUT2D eigenvalue weighted by atomic mass is 10.1. The molecule has 0 saturated carbocycles. The standard InChI is InChI=1S/C26H28N6O4/c33-26-20(11-19-12-23-24(36-17-35-23)13-22(19)27-26)14-31(9-8-18-5-2-1-3-6-18)16-25-28-29-30-32(25)15-21-7-4-10-34-21/h1-3,5-6,11-13,21H,4,7-10,14-17H2,(H,27,33)/t21-/m1/s1. The zero-order chi connectivity index (χ0) is 24.3. The number of rotatable bonds is 9. The predicted octanol–water partition coefficient (Wildman–Crippen LogP) is 2.67. The highest BCUT2D eigenvalue weighted by Gasteiger charge is 2.21. The first-order valence-electron chi connectivity index (χ1n) is 12.3.